The number of fused-ring (bicyclic) bond motifs is 3. The van der Waals surface area contributed by atoms with E-state index in [1.54, 1.807) is 0 Å². The van der Waals surface area contributed by atoms with Crippen molar-refractivity contribution in [2.75, 3.05) is 0 Å². The molecule has 132 valence electrons. The lowest BCUT2D eigenvalue weighted by atomic mass is 9.53. The molecule has 2 bridgehead atoms. The van der Waals surface area contributed by atoms with E-state index in [1.165, 1.54) is 5.57 Å². The van der Waals surface area contributed by atoms with Crippen molar-refractivity contribution in [3.05, 3.63) is 12.2 Å². The highest BCUT2D eigenvalue weighted by Gasteiger charge is 2.75. The first-order valence-corrected chi connectivity index (χ1v) is 9.31. The van der Waals surface area contributed by atoms with Crippen molar-refractivity contribution in [3.63, 3.8) is 0 Å². The molecule has 0 aromatic carbocycles. The van der Waals surface area contributed by atoms with Gasteiger partial charge in [-0.2, -0.15) is 0 Å². The van der Waals surface area contributed by atoms with E-state index in [2.05, 4.69) is 13.5 Å². The molecule has 0 amide bonds. The predicted molar refractivity (Wildman–Crippen MR) is 89.3 cm³/mol. The largest absolute Gasteiger partial charge is 0.481 e. The van der Waals surface area contributed by atoms with Crippen LogP contribution < -0.4 is 0 Å². The molecule has 0 aromatic rings. The van der Waals surface area contributed by atoms with Crippen LogP contribution >= 0.6 is 0 Å². The number of rotatable bonds is 2. The number of aliphatic carboxylic acids is 2. The van der Waals surface area contributed by atoms with Gasteiger partial charge in [0.25, 0.3) is 0 Å². The van der Waals surface area contributed by atoms with Crippen molar-refractivity contribution in [2.45, 2.75) is 58.8 Å². The maximum atomic E-state index is 12.4. The first-order valence-electron chi connectivity index (χ1n) is 9.31. The highest BCUT2D eigenvalue weighted by Crippen LogP contribution is 2.77. The zero-order valence-electron chi connectivity index (χ0n) is 14.7. The van der Waals surface area contributed by atoms with E-state index in [0.717, 1.165) is 38.5 Å². The molecule has 4 fully saturated rings. The zero-order valence-corrected chi connectivity index (χ0v) is 14.7. The molecule has 4 nitrogen and oxygen atoms in total. The smallest absolute Gasteiger partial charge is 0.309 e. The molecule has 0 saturated heterocycles. The fraction of sp³-hybridized carbons (Fsp3) is 0.800. The molecule has 4 heteroatoms. The SMILES string of the molecule is C=C1C[C@]23C[C@H]1CCC2C1(C)CCCC(C)(C(=O)O)C1C3C(=O)O. The number of carboxylic acids is 2. The Balaban J connectivity index is 1.93. The van der Waals surface area contributed by atoms with Crippen LogP contribution in [0.2, 0.25) is 0 Å². The van der Waals surface area contributed by atoms with Crippen LogP contribution in [0.5, 0.6) is 0 Å². The Kier molecular flexibility index (Phi) is 3.13. The summed E-state index contributed by atoms with van der Waals surface area (Å²) >= 11 is 0. The van der Waals surface area contributed by atoms with Gasteiger partial charge >= 0.3 is 11.9 Å². The summed E-state index contributed by atoms with van der Waals surface area (Å²) in [5.41, 5.74) is -0.152. The number of allylic oxidation sites excluding steroid dienone is 1. The number of hydrogen-bond acceptors (Lipinski definition) is 2. The van der Waals surface area contributed by atoms with Crippen LogP contribution in [0.25, 0.3) is 0 Å². The second kappa shape index (κ2) is 4.64. The fourth-order valence-corrected chi connectivity index (χ4v) is 7.88. The summed E-state index contributed by atoms with van der Waals surface area (Å²) < 4.78 is 0. The molecule has 4 rings (SSSR count). The van der Waals surface area contributed by atoms with Gasteiger partial charge < -0.3 is 10.2 Å². The second-order valence-electron chi connectivity index (χ2n) is 9.47. The van der Waals surface area contributed by atoms with Crippen LogP contribution in [0.3, 0.4) is 0 Å². The van der Waals surface area contributed by atoms with Crippen molar-refractivity contribution in [3.8, 4) is 0 Å². The van der Waals surface area contributed by atoms with Crippen LogP contribution in [0.4, 0.5) is 0 Å². The third-order valence-electron chi connectivity index (χ3n) is 8.57. The van der Waals surface area contributed by atoms with Crippen molar-refractivity contribution in [1.82, 2.24) is 0 Å². The molecule has 4 aliphatic carbocycles. The Morgan fingerprint density at radius 2 is 1.88 bits per heavy atom. The molecule has 2 N–H and O–H groups in total. The number of hydrogen-bond donors (Lipinski definition) is 2. The summed E-state index contributed by atoms with van der Waals surface area (Å²) in [5.74, 6) is -1.64. The summed E-state index contributed by atoms with van der Waals surface area (Å²) in [4.78, 5) is 24.6. The summed E-state index contributed by atoms with van der Waals surface area (Å²) in [6.07, 6.45) is 6.29. The Labute approximate surface area is 143 Å². The van der Waals surface area contributed by atoms with E-state index >= 15 is 0 Å². The summed E-state index contributed by atoms with van der Waals surface area (Å²) in [7, 11) is 0. The highest BCUT2D eigenvalue weighted by molar-refractivity contribution is 5.79. The monoisotopic (exact) mass is 332 g/mol. The highest BCUT2D eigenvalue weighted by atomic mass is 16.4. The normalized spacial score (nSPS) is 52.7. The first kappa shape index (κ1) is 16.2. The molecule has 4 aliphatic rings. The molecule has 1 spiro atoms. The minimum absolute atomic E-state index is 0.177. The lowest BCUT2D eigenvalue weighted by Gasteiger charge is -2.50. The van der Waals surface area contributed by atoms with Crippen LogP contribution in [-0.4, -0.2) is 22.2 Å². The summed E-state index contributed by atoms with van der Waals surface area (Å²) in [5, 5.41) is 20.2. The molecule has 0 radical (unpaired) electrons. The Hall–Kier alpha value is -1.32. The van der Waals surface area contributed by atoms with E-state index in [4.69, 9.17) is 0 Å². The van der Waals surface area contributed by atoms with Gasteiger partial charge in [0.1, 0.15) is 0 Å². The fourth-order valence-electron chi connectivity index (χ4n) is 7.88. The third kappa shape index (κ3) is 1.65. The van der Waals surface area contributed by atoms with Crippen LogP contribution in [-0.2, 0) is 9.59 Å². The van der Waals surface area contributed by atoms with Crippen LogP contribution in [0.1, 0.15) is 58.8 Å². The molecular weight excluding hydrogens is 304 g/mol. The van der Waals surface area contributed by atoms with Gasteiger partial charge in [0.15, 0.2) is 0 Å². The summed E-state index contributed by atoms with van der Waals surface area (Å²) in [6, 6.07) is 0. The average Bonchev–Trinajstić information content (AvgIpc) is 2.87. The molecule has 7 atom stereocenters. The minimum atomic E-state index is -0.929. The van der Waals surface area contributed by atoms with E-state index in [-0.39, 0.29) is 16.7 Å². The third-order valence-corrected chi connectivity index (χ3v) is 8.57. The van der Waals surface area contributed by atoms with Gasteiger partial charge in [-0.1, -0.05) is 25.5 Å². The van der Waals surface area contributed by atoms with E-state index in [9.17, 15) is 19.8 Å². The standard InChI is InChI=1S/C20H28O4/c1-11-9-20-10-12(11)5-6-13(20)18(2)7-4-8-19(3,17(23)24)15(18)14(20)16(21)22/h12-15H,1,4-10H2,2-3H3,(H,21,22)(H,23,24)/t12-,13?,14?,15?,18?,19?,20+/m1/s1. The molecular formula is C20H28O4. The van der Waals surface area contributed by atoms with Crippen molar-refractivity contribution < 1.29 is 19.8 Å². The average molecular weight is 332 g/mol. The second-order valence-corrected chi connectivity index (χ2v) is 9.47. The van der Waals surface area contributed by atoms with Crippen LogP contribution in [0.15, 0.2) is 12.2 Å². The molecule has 4 saturated carbocycles. The van der Waals surface area contributed by atoms with Gasteiger partial charge in [-0.05, 0) is 74.0 Å². The molecule has 0 aromatic heterocycles. The first-order chi connectivity index (χ1) is 11.2. The van der Waals surface area contributed by atoms with Crippen molar-refractivity contribution in [1.29, 1.82) is 0 Å². The van der Waals surface area contributed by atoms with Crippen molar-refractivity contribution in [2.24, 2.45) is 39.9 Å². The quantitative estimate of drug-likeness (QED) is 0.751. The maximum Gasteiger partial charge on any atom is 0.309 e. The topological polar surface area (TPSA) is 74.6 Å². The summed E-state index contributed by atoms with van der Waals surface area (Å²) in [6.45, 7) is 8.26. The number of carbonyl (C=O) groups is 2. The Morgan fingerprint density at radius 3 is 2.50 bits per heavy atom. The van der Waals surface area contributed by atoms with Gasteiger partial charge in [-0.3, -0.25) is 9.59 Å². The Bertz CT molecular complexity index is 640. The minimum Gasteiger partial charge on any atom is -0.481 e. The van der Waals surface area contributed by atoms with E-state index < -0.39 is 23.3 Å². The molecule has 0 aliphatic heterocycles. The van der Waals surface area contributed by atoms with Gasteiger partial charge in [0.05, 0.1) is 11.3 Å². The van der Waals surface area contributed by atoms with Crippen LogP contribution in [0, 0.1) is 39.9 Å². The predicted octanol–water partition coefficient (Wildman–Crippen LogP) is 3.96. The van der Waals surface area contributed by atoms with E-state index in [0.29, 0.717) is 18.3 Å². The van der Waals surface area contributed by atoms with E-state index in [1.807, 2.05) is 6.92 Å². The maximum absolute atomic E-state index is 12.4. The molecule has 24 heavy (non-hydrogen) atoms. The van der Waals surface area contributed by atoms with Gasteiger partial charge in [-0.15, -0.1) is 0 Å². The number of carboxylic acid groups (broad SMARTS) is 2. The van der Waals surface area contributed by atoms with Gasteiger partial charge in [0, 0.05) is 0 Å². The lowest BCUT2D eigenvalue weighted by Crippen LogP contribution is -2.50. The van der Waals surface area contributed by atoms with Gasteiger partial charge in [-0.25, -0.2) is 0 Å². The Morgan fingerprint density at radius 1 is 1.17 bits per heavy atom. The zero-order chi connectivity index (χ0) is 17.5. The van der Waals surface area contributed by atoms with Crippen molar-refractivity contribution >= 4 is 11.9 Å². The molecule has 0 heterocycles. The van der Waals surface area contributed by atoms with Gasteiger partial charge in [0.2, 0.25) is 0 Å². The lowest BCUT2D eigenvalue weighted by molar-refractivity contribution is -0.166. The molecule has 5 unspecified atom stereocenters.